The maximum Gasteiger partial charge on any atom is 0.115 e. The van der Waals surface area contributed by atoms with E-state index >= 15 is 0 Å². The Bertz CT molecular complexity index is 562. The fraction of sp³-hybridized carbons (Fsp3) is 0.400. The van der Waals surface area contributed by atoms with E-state index < -0.39 is 0 Å². The zero-order valence-corrected chi connectivity index (χ0v) is 11.9. The number of phenolic OH excluding ortho intramolecular Hbond substituents is 1. The van der Waals surface area contributed by atoms with Crippen molar-refractivity contribution >= 4 is 0 Å². The van der Waals surface area contributed by atoms with Gasteiger partial charge in [-0.25, -0.2) is 0 Å². The minimum absolute atomic E-state index is 0.168. The minimum atomic E-state index is 0.168. The van der Waals surface area contributed by atoms with Crippen LogP contribution in [0.4, 0.5) is 0 Å². The lowest BCUT2D eigenvalue weighted by atomic mass is 10.0. The summed E-state index contributed by atoms with van der Waals surface area (Å²) < 4.78 is 1.84. The predicted molar refractivity (Wildman–Crippen MR) is 76.0 cm³/mol. The van der Waals surface area contributed by atoms with Crippen molar-refractivity contribution in [1.29, 1.82) is 0 Å². The molecule has 0 saturated heterocycles. The smallest absolute Gasteiger partial charge is 0.115 e. The Labute approximate surface area is 114 Å². The van der Waals surface area contributed by atoms with Crippen molar-refractivity contribution in [2.45, 2.75) is 32.9 Å². The quantitative estimate of drug-likeness (QED) is 0.887. The van der Waals surface area contributed by atoms with E-state index in [1.807, 2.05) is 37.0 Å². The summed E-state index contributed by atoms with van der Waals surface area (Å²) in [4.78, 5) is 0. The Kier molecular flexibility index (Phi) is 3.90. The van der Waals surface area contributed by atoms with E-state index in [0.717, 1.165) is 11.3 Å². The number of aromatic hydroxyl groups is 1. The number of aromatic nitrogens is 2. The molecule has 2 N–H and O–H groups in total. The second kappa shape index (κ2) is 5.45. The van der Waals surface area contributed by atoms with Crippen molar-refractivity contribution in [3.05, 3.63) is 47.3 Å². The van der Waals surface area contributed by atoms with Crippen LogP contribution in [0.15, 0.2) is 30.5 Å². The van der Waals surface area contributed by atoms with Gasteiger partial charge in [0.25, 0.3) is 0 Å². The lowest BCUT2D eigenvalue weighted by Crippen LogP contribution is -2.22. The molecule has 0 spiro atoms. The molecule has 0 bridgehead atoms. The molecule has 2 unspecified atom stereocenters. The van der Waals surface area contributed by atoms with Crippen molar-refractivity contribution in [2.24, 2.45) is 7.05 Å². The summed E-state index contributed by atoms with van der Waals surface area (Å²) >= 11 is 0. The highest BCUT2D eigenvalue weighted by Crippen LogP contribution is 2.23. The van der Waals surface area contributed by atoms with Crippen molar-refractivity contribution in [3.63, 3.8) is 0 Å². The molecular formula is C15H21N3O. The van der Waals surface area contributed by atoms with Gasteiger partial charge in [-0.2, -0.15) is 5.10 Å². The summed E-state index contributed by atoms with van der Waals surface area (Å²) in [5.41, 5.74) is 3.33. The van der Waals surface area contributed by atoms with Crippen LogP contribution in [-0.4, -0.2) is 14.9 Å². The monoisotopic (exact) mass is 259 g/mol. The number of benzene rings is 1. The van der Waals surface area contributed by atoms with Crippen molar-refractivity contribution < 1.29 is 5.11 Å². The van der Waals surface area contributed by atoms with E-state index in [0.29, 0.717) is 5.75 Å². The maximum atomic E-state index is 9.52. The molecule has 0 aliphatic carbocycles. The second-order valence-electron chi connectivity index (χ2n) is 5.05. The van der Waals surface area contributed by atoms with Crippen LogP contribution < -0.4 is 5.32 Å². The van der Waals surface area contributed by atoms with E-state index in [1.54, 1.807) is 12.1 Å². The largest absolute Gasteiger partial charge is 0.508 e. The van der Waals surface area contributed by atoms with E-state index in [4.69, 9.17) is 0 Å². The molecule has 4 nitrogen and oxygen atoms in total. The van der Waals surface area contributed by atoms with Crippen LogP contribution in [0.2, 0.25) is 0 Å². The van der Waals surface area contributed by atoms with Crippen molar-refractivity contribution in [3.8, 4) is 5.75 Å². The van der Waals surface area contributed by atoms with Gasteiger partial charge < -0.3 is 10.4 Å². The first-order valence-electron chi connectivity index (χ1n) is 6.52. The number of aryl methyl sites for hydroxylation is 2. The van der Waals surface area contributed by atoms with Crippen LogP contribution >= 0.6 is 0 Å². The zero-order chi connectivity index (χ0) is 14.0. The fourth-order valence-electron chi connectivity index (χ4n) is 2.40. The van der Waals surface area contributed by atoms with Gasteiger partial charge in [0.15, 0.2) is 0 Å². The van der Waals surface area contributed by atoms with Gasteiger partial charge in [0, 0.05) is 30.9 Å². The average molecular weight is 259 g/mol. The second-order valence-corrected chi connectivity index (χ2v) is 5.05. The molecule has 4 heteroatoms. The topological polar surface area (TPSA) is 50.1 Å². The van der Waals surface area contributed by atoms with Gasteiger partial charge in [0.1, 0.15) is 5.75 Å². The van der Waals surface area contributed by atoms with Gasteiger partial charge >= 0.3 is 0 Å². The Hall–Kier alpha value is -1.81. The van der Waals surface area contributed by atoms with Crippen LogP contribution in [-0.2, 0) is 7.05 Å². The standard InChI is InChI=1S/C15H21N3O/c1-10(13-6-5-7-14(19)8-13)16-11(2)15-9-18(4)17-12(15)3/h5-11,16,19H,1-4H3. The third-order valence-corrected chi connectivity index (χ3v) is 3.39. The SMILES string of the molecule is Cc1nn(C)cc1C(C)NC(C)c1cccc(O)c1. The van der Waals surface area contributed by atoms with Gasteiger partial charge in [-0.15, -0.1) is 0 Å². The molecule has 0 fully saturated rings. The van der Waals surface area contributed by atoms with E-state index in [-0.39, 0.29) is 12.1 Å². The minimum Gasteiger partial charge on any atom is -0.508 e. The third-order valence-electron chi connectivity index (χ3n) is 3.39. The summed E-state index contributed by atoms with van der Waals surface area (Å²) in [5, 5.41) is 17.4. The van der Waals surface area contributed by atoms with Gasteiger partial charge in [-0.3, -0.25) is 4.68 Å². The Balaban J connectivity index is 2.10. The summed E-state index contributed by atoms with van der Waals surface area (Å²) in [5.74, 6) is 0.302. The number of phenols is 1. The number of nitrogens with zero attached hydrogens (tertiary/aromatic N) is 2. The van der Waals surface area contributed by atoms with Crippen LogP contribution in [0.3, 0.4) is 0 Å². The highest BCUT2D eigenvalue weighted by molar-refractivity contribution is 5.29. The summed E-state index contributed by atoms with van der Waals surface area (Å²) in [6.45, 7) is 6.24. The molecular weight excluding hydrogens is 238 g/mol. The van der Waals surface area contributed by atoms with Crippen molar-refractivity contribution in [1.82, 2.24) is 15.1 Å². The first-order chi connectivity index (χ1) is 8.97. The van der Waals surface area contributed by atoms with Gasteiger partial charge in [0.05, 0.1) is 5.69 Å². The molecule has 1 aromatic heterocycles. The summed E-state index contributed by atoms with van der Waals surface area (Å²) in [6.07, 6.45) is 2.04. The molecule has 0 radical (unpaired) electrons. The molecule has 0 aliphatic heterocycles. The number of hydrogen-bond donors (Lipinski definition) is 2. The molecule has 1 heterocycles. The van der Waals surface area contributed by atoms with E-state index in [1.165, 1.54) is 5.56 Å². The highest BCUT2D eigenvalue weighted by atomic mass is 16.3. The molecule has 0 amide bonds. The van der Waals surface area contributed by atoms with Crippen LogP contribution in [0.1, 0.15) is 42.8 Å². The normalized spacial score (nSPS) is 14.3. The zero-order valence-electron chi connectivity index (χ0n) is 11.9. The van der Waals surface area contributed by atoms with Gasteiger partial charge in [0.2, 0.25) is 0 Å². The Morgan fingerprint density at radius 1 is 1.26 bits per heavy atom. The van der Waals surface area contributed by atoms with E-state index in [9.17, 15) is 5.11 Å². The van der Waals surface area contributed by atoms with Gasteiger partial charge in [-0.05, 0) is 38.5 Å². The molecule has 0 aliphatic rings. The fourth-order valence-corrected chi connectivity index (χ4v) is 2.40. The number of hydrogen-bond acceptors (Lipinski definition) is 3. The average Bonchev–Trinajstić information content (AvgIpc) is 2.68. The highest BCUT2D eigenvalue weighted by Gasteiger charge is 2.15. The number of rotatable bonds is 4. The molecule has 2 atom stereocenters. The number of nitrogens with one attached hydrogen (secondary N) is 1. The lowest BCUT2D eigenvalue weighted by molar-refractivity contribution is 0.466. The molecule has 19 heavy (non-hydrogen) atoms. The first-order valence-corrected chi connectivity index (χ1v) is 6.52. The molecule has 102 valence electrons. The molecule has 2 rings (SSSR count). The molecule has 1 aromatic carbocycles. The van der Waals surface area contributed by atoms with Crippen LogP contribution in [0.5, 0.6) is 5.75 Å². The van der Waals surface area contributed by atoms with Gasteiger partial charge in [-0.1, -0.05) is 12.1 Å². The summed E-state index contributed by atoms with van der Waals surface area (Å²) in [7, 11) is 1.93. The maximum absolute atomic E-state index is 9.52. The van der Waals surface area contributed by atoms with Crippen LogP contribution in [0, 0.1) is 6.92 Å². The first kappa shape index (κ1) is 13.6. The lowest BCUT2D eigenvalue weighted by Gasteiger charge is -2.20. The predicted octanol–water partition coefficient (Wildman–Crippen LogP) is 2.85. The third kappa shape index (κ3) is 3.15. The van der Waals surface area contributed by atoms with Crippen LogP contribution in [0.25, 0.3) is 0 Å². The Morgan fingerprint density at radius 2 is 2.00 bits per heavy atom. The van der Waals surface area contributed by atoms with E-state index in [2.05, 4.69) is 24.3 Å². The van der Waals surface area contributed by atoms with Crippen molar-refractivity contribution in [2.75, 3.05) is 0 Å². The Morgan fingerprint density at radius 3 is 2.58 bits per heavy atom. The molecule has 0 saturated carbocycles. The summed E-state index contributed by atoms with van der Waals surface area (Å²) in [6, 6.07) is 7.74. The molecule has 2 aromatic rings.